The Labute approximate surface area is 119 Å². The van der Waals surface area contributed by atoms with Gasteiger partial charge in [0.1, 0.15) is 5.69 Å². The molecule has 1 aromatic heterocycles. The van der Waals surface area contributed by atoms with E-state index in [0.29, 0.717) is 12.2 Å². The van der Waals surface area contributed by atoms with Crippen LogP contribution in [-0.2, 0) is 0 Å². The first-order valence-corrected chi connectivity index (χ1v) is 7.18. The number of amides is 1. The molecular formula is C14H15BrN2O2. The van der Waals surface area contributed by atoms with Crippen LogP contribution in [0.2, 0.25) is 0 Å². The van der Waals surface area contributed by atoms with Crippen molar-refractivity contribution < 1.29 is 9.90 Å². The number of aromatic amines is 1. The Morgan fingerprint density at radius 2 is 2.26 bits per heavy atom. The summed E-state index contributed by atoms with van der Waals surface area (Å²) in [6.45, 7) is 1.15. The number of aromatic nitrogens is 1. The van der Waals surface area contributed by atoms with Crippen LogP contribution < -0.4 is 0 Å². The minimum Gasteiger partial charge on any atom is -0.391 e. The van der Waals surface area contributed by atoms with Gasteiger partial charge in [-0.25, -0.2) is 0 Å². The number of H-pyrrole nitrogens is 1. The maximum Gasteiger partial charge on any atom is 0.270 e. The first-order valence-electron chi connectivity index (χ1n) is 6.39. The van der Waals surface area contributed by atoms with E-state index in [1.807, 2.05) is 24.3 Å². The fourth-order valence-corrected chi connectivity index (χ4v) is 2.89. The van der Waals surface area contributed by atoms with E-state index in [9.17, 15) is 9.90 Å². The van der Waals surface area contributed by atoms with Crippen LogP contribution in [0.25, 0.3) is 10.9 Å². The van der Waals surface area contributed by atoms with Gasteiger partial charge in [-0.05, 0) is 31.0 Å². The maximum absolute atomic E-state index is 12.4. The Bertz CT molecular complexity index is 623. The number of rotatable bonds is 1. The summed E-state index contributed by atoms with van der Waals surface area (Å²) >= 11 is 3.41. The summed E-state index contributed by atoms with van der Waals surface area (Å²) in [5, 5.41) is 10.7. The van der Waals surface area contributed by atoms with Crippen molar-refractivity contribution in [1.29, 1.82) is 0 Å². The molecule has 2 heterocycles. The fraction of sp³-hybridized carbons (Fsp3) is 0.357. The largest absolute Gasteiger partial charge is 0.391 e. The zero-order chi connectivity index (χ0) is 13.4. The average molecular weight is 323 g/mol. The van der Waals surface area contributed by atoms with E-state index >= 15 is 0 Å². The highest BCUT2D eigenvalue weighted by molar-refractivity contribution is 9.10. The Morgan fingerprint density at radius 1 is 1.42 bits per heavy atom. The van der Waals surface area contributed by atoms with Crippen molar-refractivity contribution in [3.63, 3.8) is 0 Å². The van der Waals surface area contributed by atoms with E-state index in [1.165, 1.54) is 0 Å². The number of halogens is 1. The molecule has 5 heteroatoms. The predicted molar refractivity (Wildman–Crippen MR) is 77.1 cm³/mol. The second-order valence-electron chi connectivity index (χ2n) is 4.96. The molecule has 19 heavy (non-hydrogen) atoms. The summed E-state index contributed by atoms with van der Waals surface area (Å²) in [4.78, 5) is 17.2. The van der Waals surface area contributed by atoms with Crippen LogP contribution in [0, 0.1) is 0 Å². The van der Waals surface area contributed by atoms with Crippen LogP contribution >= 0.6 is 15.9 Å². The number of fused-ring (bicyclic) bond motifs is 1. The van der Waals surface area contributed by atoms with Crippen molar-refractivity contribution in [2.24, 2.45) is 0 Å². The number of carbonyl (C=O) groups is 1. The molecule has 4 nitrogen and oxygen atoms in total. The molecule has 1 aliphatic rings. The standard InChI is InChI=1S/C14H15BrN2O2/c15-10-4-3-9-6-13(16-12(9)7-10)14(19)17-5-1-2-11(18)8-17/h3-4,6-7,11,16,18H,1-2,5,8H2. The number of aliphatic hydroxyl groups is 1. The number of aliphatic hydroxyl groups excluding tert-OH is 1. The lowest BCUT2D eigenvalue weighted by molar-refractivity contribution is 0.0470. The number of nitrogens with one attached hydrogen (secondary N) is 1. The summed E-state index contributed by atoms with van der Waals surface area (Å²) in [7, 11) is 0. The van der Waals surface area contributed by atoms with E-state index in [1.54, 1.807) is 4.90 Å². The third kappa shape index (κ3) is 2.53. The number of hydrogen-bond acceptors (Lipinski definition) is 2. The number of β-amino-alcohol motifs (C(OH)–C–C–N with tert-alkyl or cyclic N) is 1. The Hall–Kier alpha value is -1.33. The SMILES string of the molecule is O=C(c1cc2ccc(Br)cc2[nH]1)N1CCCC(O)C1. The topological polar surface area (TPSA) is 56.3 Å². The average Bonchev–Trinajstić information content (AvgIpc) is 2.80. The maximum atomic E-state index is 12.4. The lowest BCUT2D eigenvalue weighted by Gasteiger charge is -2.29. The quantitative estimate of drug-likeness (QED) is 0.847. The molecule has 1 atom stereocenters. The number of nitrogens with zero attached hydrogens (tertiary/aromatic N) is 1. The van der Waals surface area contributed by atoms with Gasteiger partial charge < -0.3 is 15.0 Å². The van der Waals surface area contributed by atoms with Crippen molar-refractivity contribution in [2.75, 3.05) is 13.1 Å². The summed E-state index contributed by atoms with van der Waals surface area (Å²) in [6, 6.07) is 7.75. The summed E-state index contributed by atoms with van der Waals surface area (Å²) in [5.41, 5.74) is 1.53. The van der Waals surface area contributed by atoms with Crippen molar-refractivity contribution in [1.82, 2.24) is 9.88 Å². The van der Waals surface area contributed by atoms with E-state index in [4.69, 9.17) is 0 Å². The molecule has 0 spiro atoms. The Kier molecular flexibility index (Phi) is 3.33. The van der Waals surface area contributed by atoms with Crippen molar-refractivity contribution >= 4 is 32.7 Å². The Morgan fingerprint density at radius 3 is 3.05 bits per heavy atom. The number of hydrogen-bond donors (Lipinski definition) is 2. The second kappa shape index (κ2) is 4.98. The van der Waals surface area contributed by atoms with Gasteiger partial charge in [0.05, 0.1) is 6.10 Å². The lowest BCUT2D eigenvalue weighted by Crippen LogP contribution is -2.42. The fourth-order valence-electron chi connectivity index (χ4n) is 2.52. The minimum absolute atomic E-state index is 0.0360. The van der Waals surface area contributed by atoms with Crippen LogP contribution in [0.15, 0.2) is 28.7 Å². The zero-order valence-electron chi connectivity index (χ0n) is 10.4. The zero-order valence-corrected chi connectivity index (χ0v) is 12.0. The first-order chi connectivity index (χ1) is 9.13. The molecular weight excluding hydrogens is 308 g/mol. The molecule has 3 rings (SSSR count). The van der Waals surface area contributed by atoms with Crippen LogP contribution in [0.5, 0.6) is 0 Å². The van der Waals surface area contributed by atoms with Gasteiger partial charge in [-0.2, -0.15) is 0 Å². The molecule has 1 aromatic carbocycles. The van der Waals surface area contributed by atoms with Crippen LogP contribution in [0.4, 0.5) is 0 Å². The third-order valence-electron chi connectivity index (χ3n) is 3.50. The van der Waals surface area contributed by atoms with Gasteiger partial charge in [0.25, 0.3) is 5.91 Å². The van der Waals surface area contributed by atoms with E-state index in [-0.39, 0.29) is 5.91 Å². The highest BCUT2D eigenvalue weighted by atomic mass is 79.9. The minimum atomic E-state index is -0.392. The van der Waals surface area contributed by atoms with Gasteiger partial charge in [0.2, 0.25) is 0 Å². The normalized spacial score (nSPS) is 19.9. The molecule has 0 radical (unpaired) electrons. The number of piperidine rings is 1. The Balaban J connectivity index is 1.88. The highest BCUT2D eigenvalue weighted by Gasteiger charge is 2.24. The molecule has 1 unspecified atom stereocenters. The van der Waals surface area contributed by atoms with Gasteiger partial charge in [-0.1, -0.05) is 22.0 Å². The molecule has 0 saturated carbocycles. The van der Waals surface area contributed by atoms with E-state index in [2.05, 4.69) is 20.9 Å². The van der Waals surface area contributed by atoms with Crippen LogP contribution in [0.1, 0.15) is 23.3 Å². The van der Waals surface area contributed by atoms with Crippen LogP contribution in [0.3, 0.4) is 0 Å². The second-order valence-corrected chi connectivity index (χ2v) is 5.88. The molecule has 2 N–H and O–H groups in total. The van der Waals surface area contributed by atoms with Gasteiger partial charge in [-0.15, -0.1) is 0 Å². The number of benzene rings is 1. The number of carbonyl (C=O) groups excluding carboxylic acids is 1. The summed E-state index contributed by atoms with van der Waals surface area (Å²) in [5.74, 6) is -0.0360. The van der Waals surface area contributed by atoms with Crippen molar-refractivity contribution in [3.8, 4) is 0 Å². The molecule has 0 bridgehead atoms. The lowest BCUT2D eigenvalue weighted by atomic mass is 10.1. The monoisotopic (exact) mass is 322 g/mol. The molecule has 2 aromatic rings. The summed E-state index contributed by atoms with van der Waals surface area (Å²) in [6.07, 6.45) is 1.25. The molecule has 1 saturated heterocycles. The smallest absolute Gasteiger partial charge is 0.270 e. The molecule has 1 fully saturated rings. The third-order valence-corrected chi connectivity index (χ3v) is 3.99. The van der Waals surface area contributed by atoms with Crippen molar-refractivity contribution in [2.45, 2.75) is 18.9 Å². The van der Waals surface area contributed by atoms with Gasteiger partial charge in [0, 0.05) is 28.5 Å². The molecule has 0 aliphatic carbocycles. The van der Waals surface area contributed by atoms with Crippen molar-refractivity contribution in [3.05, 3.63) is 34.4 Å². The predicted octanol–water partition coefficient (Wildman–Crippen LogP) is 2.53. The van der Waals surface area contributed by atoms with Gasteiger partial charge >= 0.3 is 0 Å². The van der Waals surface area contributed by atoms with E-state index in [0.717, 1.165) is 34.8 Å². The summed E-state index contributed by atoms with van der Waals surface area (Å²) < 4.78 is 0.981. The number of likely N-dealkylation sites (tertiary alicyclic amines) is 1. The molecule has 100 valence electrons. The first kappa shape index (κ1) is 12.7. The molecule has 1 aliphatic heterocycles. The van der Waals surface area contributed by atoms with Gasteiger partial charge in [-0.3, -0.25) is 4.79 Å². The van der Waals surface area contributed by atoms with Gasteiger partial charge in [0.15, 0.2) is 0 Å². The van der Waals surface area contributed by atoms with E-state index < -0.39 is 6.10 Å². The van der Waals surface area contributed by atoms with Crippen LogP contribution in [-0.4, -0.2) is 40.1 Å². The molecule has 1 amide bonds. The highest BCUT2D eigenvalue weighted by Crippen LogP contribution is 2.22.